The van der Waals surface area contributed by atoms with Crippen LogP contribution >= 0.6 is 11.6 Å². The van der Waals surface area contributed by atoms with Gasteiger partial charge in [-0.1, -0.05) is 29.8 Å². The molecular weight excluding hydrogens is 318 g/mol. The Bertz CT molecular complexity index is 721. The summed E-state index contributed by atoms with van der Waals surface area (Å²) in [7, 11) is 0. The van der Waals surface area contributed by atoms with Crippen LogP contribution in [0.5, 0.6) is 0 Å². The van der Waals surface area contributed by atoms with Gasteiger partial charge in [-0.15, -0.1) is 0 Å². The Kier molecular flexibility index (Phi) is 5.54. The van der Waals surface area contributed by atoms with Crippen LogP contribution in [0, 0.1) is 10.1 Å². The standard InChI is InChI=1S/C16H16ClN3O3/c1-11(12-4-2-5-13(17)8-12)19-16(21)10-18-14-6-3-7-15(9-14)20(22)23/h2-9,11,18H,10H2,1H3,(H,19,21)/t11-/m1/s1. The van der Waals surface area contributed by atoms with E-state index < -0.39 is 4.92 Å². The first kappa shape index (κ1) is 16.8. The molecule has 0 bridgehead atoms. The molecule has 0 fully saturated rings. The highest BCUT2D eigenvalue weighted by atomic mass is 35.5. The number of nitrogens with one attached hydrogen (secondary N) is 2. The molecule has 6 nitrogen and oxygen atoms in total. The van der Waals surface area contributed by atoms with Crippen molar-refractivity contribution in [1.82, 2.24) is 5.32 Å². The first-order valence-corrected chi connectivity index (χ1v) is 7.36. The van der Waals surface area contributed by atoms with Crippen molar-refractivity contribution in [2.24, 2.45) is 0 Å². The van der Waals surface area contributed by atoms with Gasteiger partial charge in [-0.3, -0.25) is 14.9 Å². The molecule has 0 unspecified atom stereocenters. The van der Waals surface area contributed by atoms with Crippen LogP contribution in [0.15, 0.2) is 48.5 Å². The van der Waals surface area contributed by atoms with E-state index in [9.17, 15) is 14.9 Å². The Morgan fingerprint density at radius 1 is 1.26 bits per heavy atom. The molecule has 0 saturated heterocycles. The number of carbonyl (C=O) groups is 1. The topological polar surface area (TPSA) is 84.3 Å². The van der Waals surface area contributed by atoms with E-state index in [0.717, 1.165) is 5.56 Å². The van der Waals surface area contributed by atoms with Gasteiger partial charge in [0.2, 0.25) is 5.91 Å². The van der Waals surface area contributed by atoms with Gasteiger partial charge in [-0.25, -0.2) is 0 Å². The first-order valence-electron chi connectivity index (χ1n) is 6.99. The van der Waals surface area contributed by atoms with Gasteiger partial charge in [0.05, 0.1) is 17.5 Å². The average molecular weight is 334 g/mol. The number of hydrogen-bond acceptors (Lipinski definition) is 4. The van der Waals surface area contributed by atoms with Crippen LogP contribution in [0.2, 0.25) is 5.02 Å². The maximum Gasteiger partial charge on any atom is 0.271 e. The summed E-state index contributed by atoms with van der Waals surface area (Å²) in [5.74, 6) is -0.219. The van der Waals surface area contributed by atoms with Crippen molar-refractivity contribution in [2.75, 3.05) is 11.9 Å². The molecule has 2 N–H and O–H groups in total. The van der Waals surface area contributed by atoms with Crippen LogP contribution in [0.4, 0.5) is 11.4 Å². The summed E-state index contributed by atoms with van der Waals surface area (Å²) < 4.78 is 0. The number of non-ortho nitro benzene ring substituents is 1. The van der Waals surface area contributed by atoms with E-state index >= 15 is 0 Å². The van der Waals surface area contributed by atoms with Gasteiger partial charge in [-0.2, -0.15) is 0 Å². The molecule has 0 heterocycles. The first-order chi connectivity index (χ1) is 11.0. The van der Waals surface area contributed by atoms with Gasteiger partial charge >= 0.3 is 0 Å². The minimum Gasteiger partial charge on any atom is -0.376 e. The second-order valence-electron chi connectivity index (χ2n) is 5.01. The van der Waals surface area contributed by atoms with Gasteiger partial charge in [0.15, 0.2) is 0 Å². The monoisotopic (exact) mass is 333 g/mol. The van der Waals surface area contributed by atoms with Crippen molar-refractivity contribution in [3.05, 3.63) is 69.2 Å². The number of anilines is 1. The number of halogens is 1. The summed E-state index contributed by atoms with van der Waals surface area (Å²) >= 11 is 5.93. The molecule has 0 saturated carbocycles. The van der Waals surface area contributed by atoms with E-state index in [4.69, 9.17) is 11.6 Å². The normalized spacial score (nSPS) is 11.6. The van der Waals surface area contributed by atoms with Crippen LogP contribution in [-0.4, -0.2) is 17.4 Å². The Balaban J connectivity index is 1.90. The van der Waals surface area contributed by atoms with E-state index in [-0.39, 0.29) is 24.2 Å². The summed E-state index contributed by atoms with van der Waals surface area (Å²) in [6.45, 7) is 1.88. The van der Waals surface area contributed by atoms with Crippen LogP contribution in [-0.2, 0) is 4.79 Å². The molecule has 23 heavy (non-hydrogen) atoms. The van der Waals surface area contributed by atoms with Crippen molar-refractivity contribution in [2.45, 2.75) is 13.0 Å². The van der Waals surface area contributed by atoms with Gasteiger partial charge in [0.1, 0.15) is 0 Å². The predicted molar refractivity (Wildman–Crippen MR) is 89.6 cm³/mol. The highest BCUT2D eigenvalue weighted by Gasteiger charge is 2.10. The maximum atomic E-state index is 12.0. The fraction of sp³-hybridized carbons (Fsp3) is 0.188. The number of carbonyl (C=O) groups excluding carboxylic acids is 1. The molecule has 0 aliphatic rings. The fourth-order valence-corrected chi connectivity index (χ4v) is 2.26. The number of nitro groups is 1. The predicted octanol–water partition coefficient (Wildman–Crippen LogP) is 3.54. The molecule has 0 aliphatic carbocycles. The third-order valence-electron chi connectivity index (χ3n) is 3.24. The van der Waals surface area contributed by atoms with Crippen molar-refractivity contribution in [3.8, 4) is 0 Å². The molecule has 1 amide bonds. The SMILES string of the molecule is C[C@@H](NC(=O)CNc1cccc([N+](=O)[O-])c1)c1cccc(Cl)c1. The lowest BCUT2D eigenvalue weighted by Gasteiger charge is -2.15. The molecule has 2 aromatic rings. The lowest BCUT2D eigenvalue weighted by Crippen LogP contribution is -2.32. The fourth-order valence-electron chi connectivity index (χ4n) is 2.06. The summed E-state index contributed by atoms with van der Waals surface area (Å²) in [6.07, 6.45) is 0. The second-order valence-corrected chi connectivity index (χ2v) is 5.44. The highest BCUT2D eigenvalue weighted by Crippen LogP contribution is 2.18. The Labute approximate surface area is 138 Å². The molecular formula is C16H16ClN3O3. The lowest BCUT2D eigenvalue weighted by atomic mass is 10.1. The number of rotatable bonds is 6. The smallest absolute Gasteiger partial charge is 0.271 e. The van der Waals surface area contributed by atoms with E-state index in [1.807, 2.05) is 19.1 Å². The van der Waals surface area contributed by atoms with Crippen LogP contribution in [0.25, 0.3) is 0 Å². The summed E-state index contributed by atoms with van der Waals surface area (Å²) in [6, 6.07) is 13.1. The number of hydrogen-bond donors (Lipinski definition) is 2. The van der Waals surface area contributed by atoms with Gasteiger partial charge in [0.25, 0.3) is 5.69 Å². The minimum atomic E-state index is -0.480. The summed E-state index contributed by atoms with van der Waals surface area (Å²) in [5, 5.41) is 17.0. The zero-order chi connectivity index (χ0) is 16.8. The second kappa shape index (κ2) is 7.60. The molecule has 0 aliphatic heterocycles. The molecule has 7 heteroatoms. The summed E-state index contributed by atoms with van der Waals surface area (Å²) in [4.78, 5) is 22.2. The third kappa shape index (κ3) is 4.96. The number of benzene rings is 2. The molecule has 0 aromatic heterocycles. The molecule has 0 radical (unpaired) electrons. The zero-order valence-electron chi connectivity index (χ0n) is 12.5. The van der Waals surface area contributed by atoms with Gasteiger partial charge < -0.3 is 10.6 Å². The van der Waals surface area contributed by atoms with Crippen molar-refractivity contribution >= 4 is 28.9 Å². The van der Waals surface area contributed by atoms with E-state index in [0.29, 0.717) is 10.7 Å². The van der Waals surface area contributed by atoms with Gasteiger partial charge in [-0.05, 0) is 30.7 Å². The quantitative estimate of drug-likeness (QED) is 0.625. The van der Waals surface area contributed by atoms with Gasteiger partial charge in [0, 0.05) is 22.8 Å². The van der Waals surface area contributed by atoms with Crippen molar-refractivity contribution in [3.63, 3.8) is 0 Å². The lowest BCUT2D eigenvalue weighted by molar-refractivity contribution is -0.384. The molecule has 120 valence electrons. The average Bonchev–Trinajstić information content (AvgIpc) is 2.53. The maximum absolute atomic E-state index is 12.0. The van der Waals surface area contributed by atoms with E-state index in [2.05, 4.69) is 10.6 Å². The molecule has 2 rings (SSSR count). The van der Waals surface area contributed by atoms with E-state index in [1.54, 1.807) is 24.3 Å². The van der Waals surface area contributed by atoms with Crippen molar-refractivity contribution < 1.29 is 9.72 Å². The largest absolute Gasteiger partial charge is 0.376 e. The third-order valence-corrected chi connectivity index (χ3v) is 3.47. The van der Waals surface area contributed by atoms with E-state index in [1.165, 1.54) is 12.1 Å². The molecule has 0 spiro atoms. The number of nitro benzene ring substituents is 1. The van der Waals surface area contributed by atoms with Crippen LogP contribution < -0.4 is 10.6 Å². The number of nitrogens with zero attached hydrogens (tertiary/aromatic N) is 1. The Morgan fingerprint density at radius 2 is 2.00 bits per heavy atom. The molecule has 1 atom stereocenters. The van der Waals surface area contributed by atoms with Crippen molar-refractivity contribution in [1.29, 1.82) is 0 Å². The molecule has 2 aromatic carbocycles. The zero-order valence-corrected chi connectivity index (χ0v) is 13.2. The minimum absolute atomic E-state index is 0.0199. The number of amides is 1. The highest BCUT2D eigenvalue weighted by molar-refractivity contribution is 6.30. The Hall–Kier alpha value is -2.60. The Morgan fingerprint density at radius 3 is 2.70 bits per heavy atom. The van der Waals surface area contributed by atoms with Crippen LogP contribution in [0.1, 0.15) is 18.5 Å². The summed E-state index contributed by atoms with van der Waals surface area (Å²) in [5.41, 5.74) is 1.40. The van der Waals surface area contributed by atoms with Crippen LogP contribution in [0.3, 0.4) is 0 Å².